The number of carbonyl (C=O) groups excluding carboxylic acids is 2. The predicted molar refractivity (Wildman–Crippen MR) is 127 cm³/mol. The Bertz CT molecular complexity index is 992. The standard InChI is InChI=1S/C20H17IN2O4S2/c1-26-15-8-3-12(9-16(15)27-2)10-17-19(25)23(20(28)29-17)11-18(24)22-14-6-4-13(21)5-7-14/h3-10H,11H2,1-2H3,(H,22,24)/b17-10-. The maximum absolute atomic E-state index is 12.7. The third-order valence-corrected chi connectivity index (χ3v) is 6.11. The maximum Gasteiger partial charge on any atom is 0.266 e. The molecule has 1 aliphatic rings. The van der Waals surface area contributed by atoms with Gasteiger partial charge in [0.25, 0.3) is 5.91 Å². The van der Waals surface area contributed by atoms with Gasteiger partial charge < -0.3 is 14.8 Å². The summed E-state index contributed by atoms with van der Waals surface area (Å²) < 4.78 is 11.9. The van der Waals surface area contributed by atoms with Gasteiger partial charge in [-0.15, -0.1) is 0 Å². The van der Waals surface area contributed by atoms with Crippen LogP contribution in [0.1, 0.15) is 5.56 Å². The molecule has 0 atom stereocenters. The number of hydrogen-bond donors (Lipinski definition) is 1. The zero-order chi connectivity index (χ0) is 21.0. The lowest BCUT2D eigenvalue weighted by Gasteiger charge is -2.14. The highest BCUT2D eigenvalue weighted by Crippen LogP contribution is 2.34. The Morgan fingerprint density at radius 3 is 2.52 bits per heavy atom. The summed E-state index contributed by atoms with van der Waals surface area (Å²) in [5.41, 5.74) is 1.44. The predicted octanol–water partition coefficient (Wildman–Crippen LogP) is 4.15. The Balaban J connectivity index is 1.71. The molecule has 0 aliphatic carbocycles. The van der Waals surface area contributed by atoms with Gasteiger partial charge in [-0.3, -0.25) is 14.5 Å². The van der Waals surface area contributed by atoms with E-state index in [-0.39, 0.29) is 18.4 Å². The summed E-state index contributed by atoms with van der Waals surface area (Å²) in [7, 11) is 3.11. The molecule has 1 saturated heterocycles. The Morgan fingerprint density at radius 1 is 1.17 bits per heavy atom. The summed E-state index contributed by atoms with van der Waals surface area (Å²) in [5.74, 6) is 0.556. The minimum atomic E-state index is -0.310. The van der Waals surface area contributed by atoms with Crippen LogP contribution in [0.2, 0.25) is 0 Å². The van der Waals surface area contributed by atoms with Gasteiger partial charge in [0.2, 0.25) is 5.91 Å². The number of ether oxygens (including phenoxy) is 2. The molecule has 6 nitrogen and oxygen atoms in total. The highest BCUT2D eigenvalue weighted by Gasteiger charge is 2.33. The summed E-state index contributed by atoms with van der Waals surface area (Å²) in [6.07, 6.45) is 1.72. The minimum absolute atomic E-state index is 0.139. The Hall–Kier alpha value is -2.11. The number of benzene rings is 2. The number of hydrogen-bond acceptors (Lipinski definition) is 6. The molecule has 0 spiro atoms. The molecule has 2 aromatic carbocycles. The first-order valence-corrected chi connectivity index (χ1v) is 10.7. The van der Waals surface area contributed by atoms with Crippen molar-refractivity contribution in [1.29, 1.82) is 0 Å². The van der Waals surface area contributed by atoms with E-state index in [4.69, 9.17) is 21.7 Å². The van der Waals surface area contributed by atoms with E-state index in [1.54, 1.807) is 44.6 Å². The highest BCUT2D eigenvalue weighted by molar-refractivity contribution is 14.1. The summed E-state index contributed by atoms with van der Waals surface area (Å²) in [6, 6.07) is 12.7. The van der Waals surface area contributed by atoms with Crippen molar-refractivity contribution in [3.63, 3.8) is 0 Å². The van der Waals surface area contributed by atoms with E-state index >= 15 is 0 Å². The second kappa shape index (κ2) is 9.59. The number of amides is 2. The third kappa shape index (κ3) is 5.28. The first kappa shape index (κ1) is 21.6. The van der Waals surface area contributed by atoms with E-state index in [1.165, 1.54) is 16.7 Å². The van der Waals surface area contributed by atoms with Crippen molar-refractivity contribution in [3.8, 4) is 11.5 Å². The van der Waals surface area contributed by atoms with Crippen molar-refractivity contribution < 1.29 is 19.1 Å². The van der Waals surface area contributed by atoms with E-state index in [0.717, 1.165) is 9.13 Å². The van der Waals surface area contributed by atoms with Crippen LogP contribution >= 0.6 is 46.6 Å². The fourth-order valence-electron chi connectivity index (χ4n) is 2.61. The minimum Gasteiger partial charge on any atom is -0.493 e. The summed E-state index contributed by atoms with van der Waals surface area (Å²) in [6.45, 7) is -0.139. The van der Waals surface area contributed by atoms with Crippen LogP contribution in [0.5, 0.6) is 11.5 Å². The van der Waals surface area contributed by atoms with Crippen molar-refractivity contribution in [2.45, 2.75) is 0 Å². The Labute approximate surface area is 191 Å². The molecule has 0 radical (unpaired) electrons. The molecule has 3 rings (SSSR count). The van der Waals surface area contributed by atoms with E-state index in [1.807, 2.05) is 18.2 Å². The zero-order valence-electron chi connectivity index (χ0n) is 15.6. The lowest BCUT2D eigenvalue weighted by molar-refractivity contribution is -0.126. The number of carbonyl (C=O) groups is 2. The molecule has 1 heterocycles. The molecular formula is C20H17IN2O4S2. The molecule has 1 fully saturated rings. The fourth-order valence-corrected chi connectivity index (χ4v) is 4.22. The lowest BCUT2D eigenvalue weighted by Crippen LogP contribution is -2.36. The quantitative estimate of drug-likeness (QED) is 0.338. The molecule has 0 bridgehead atoms. The van der Waals surface area contributed by atoms with Crippen LogP contribution in [0.4, 0.5) is 5.69 Å². The number of anilines is 1. The topological polar surface area (TPSA) is 67.9 Å². The van der Waals surface area contributed by atoms with Gasteiger partial charge in [0.1, 0.15) is 10.9 Å². The number of nitrogens with one attached hydrogen (secondary N) is 1. The first-order chi connectivity index (χ1) is 13.9. The molecular weight excluding hydrogens is 523 g/mol. The van der Waals surface area contributed by atoms with E-state index in [9.17, 15) is 9.59 Å². The maximum atomic E-state index is 12.7. The third-order valence-electron chi connectivity index (χ3n) is 4.01. The average Bonchev–Trinajstić information content (AvgIpc) is 2.97. The molecule has 150 valence electrons. The van der Waals surface area contributed by atoms with Gasteiger partial charge in [-0.05, 0) is 70.6 Å². The van der Waals surface area contributed by atoms with Crippen molar-refractivity contribution in [2.24, 2.45) is 0 Å². The molecule has 0 saturated carbocycles. The van der Waals surface area contributed by atoms with Crippen LogP contribution in [0.3, 0.4) is 0 Å². The summed E-state index contributed by atoms with van der Waals surface area (Å²) >= 11 is 8.66. The largest absolute Gasteiger partial charge is 0.493 e. The molecule has 1 aliphatic heterocycles. The molecule has 1 N–H and O–H groups in total. The van der Waals surface area contributed by atoms with Crippen molar-refractivity contribution in [1.82, 2.24) is 4.90 Å². The van der Waals surface area contributed by atoms with Crippen LogP contribution in [0.15, 0.2) is 47.4 Å². The molecule has 0 unspecified atom stereocenters. The first-order valence-electron chi connectivity index (χ1n) is 8.44. The van der Waals surface area contributed by atoms with Crippen LogP contribution in [0, 0.1) is 3.57 Å². The van der Waals surface area contributed by atoms with Gasteiger partial charge in [0.15, 0.2) is 11.5 Å². The Morgan fingerprint density at radius 2 is 1.86 bits per heavy atom. The fraction of sp³-hybridized carbons (Fsp3) is 0.150. The van der Waals surface area contributed by atoms with Gasteiger partial charge in [-0.25, -0.2) is 0 Å². The second-order valence-electron chi connectivity index (χ2n) is 5.94. The number of nitrogens with zero attached hydrogens (tertiary/aromatic N) is 1. The van der Waals surface area contributed by atoms with Crippen LogP contribution in [-0.2, 0) is 9.59 Å². The normalized spacial score (nSPS) is 15.0. The second-order valence-corrected chi connectivity index (χ2v) is 8.86. The van der Waals surface area contributed by atoms with Crippen LogP contribution < -0.4 is 14.8 Å². The van der Waals surface area contributed by atoms with Crippen molar-refractivity contribution in [2.75, 3.05) is 26.1 Å². The van der Waals surface area contributed by atoms with Gasteiger partial charge in [0, 0.05) is 9.26 Å². The Kier molecular flexibility index (Phi) is 7.14. The monoisotopic (exact) mass is 540 g/mol. The van der Waals surface area contributed by atoms with Crippen molar-refractivity contribution >= 4 is 74.5 Å². The molecule has 2 amide bonds. The number of rotatable bonds is 6. The summed E-state index contributed by atoms with van der Waals surface area (Å²) in [5, 5.41) is 2.77. The number of methoxy groups -OCH3 is 2. The van der Waals surface area contributed by atoms with E-state index in [2.05, 4.69) is 27.9 Å². The van der Waals surface area contributed by atoms with Gasteiger partial charge in [0.05, 0.1) is 19.1 Å². The van der Waals surface area contributed by atoms with Crippen LogP contribution in [-0.4, -0.2) is 41.8 Å². The van der Waals surface area contributed by atoms with E-state index in [0.29, 0.717) is 26.4 Å². The van der Waals surface area contributed by atoms with Crippen molar-refractivity contribution in [3.05, 3.63) is 56.5 Å². The van der Waals surface area contributed by atoms with Gasteiger partial charge >= 0.3 is 0 Å². The van der Waals surface area contributed by atoms with Gasteiger partial charge in [-0.2, -0.15) is 0 Å². The SMILES string of the molecule is COc1ccc(/C=C2\SC(=S)N(CC(=O)Nc3ccc(I)cc3)C2=O)cc1OC. The number of halogens is 1. The van der Waals surface area contributed by atoms with Gasteiger partial charge in [-0.1, -0.05) is 30.0 Å². The lowest BCUT2D eigenvalue weighted by atomic mass is 10.2. The molecule has 9 heteroatoms. The smallest absolute Gasteiger partial charge is 0.266 e. The number of thiocarbonyl (C=S) groups is 1. The molecule has 2 aromatic rings. The summed E-state index contributed by atoms with van der Waals surface area (Å²) in [4.78, 5) is 26.8. The van der Waals surface area contributed by atoms with Crippen LogP contribution in [0.25, 0.3) is 6.08 Å². The zero-order valence-corrected chi connectivity index (χ0v) is 19.4. The molecule has 29 heavy (non-hydrogen) atoms. The van der Waals surface area contributed by atoms with E-state index < -0.39 is 0 Å². The average molecular weight is 540 g/mol. The number of thioether (sulfide) groups is 1. The highest BCUT2D eigenvalue weighted by atomic mass is 127. The molecule has 0 aromatic heterocycles.